The summed E-state index contributed by atoms with van der Waals surface area (Å²) < 4.78 is 8.66. The number of amides is 1. The SMILES string of the molecule is O=C(COc1ccc(C2SCCCS2)cc1)N1CCn2cccc2C1c1ccccc1. The minimum atomic E-state index is -0.0798. The molecule has 1 atom stereocenters. The molecule has 2 aliphatic heterocycles. The molecule has 1 aromatic heterocycles. The fourth-order valence-corrected chi connectivity index (χ4v) is 7.16. The average molecular weight is 451 g/mol. The summed E-state index contributed by atoms with van der Waals surface area (Å²) in [6.45, 7) is 1.54. The van der Waals surface area contributed by atoms with Gasteiger partial charge in [-0.15, -0.1) is 23.5 Å². The van der Waals surface area contributed by atoms with Crippen molar-refractivity contribution in [3.63, 3.8) is 0 Å². The lowest BCUT2D eigenvalue weighted by atomic mass is 10.00. The van der Waals surface area contributed by atoms with Gasteiger partial charge in [0.15, 0.2) is 6.61 Å². The highest BCUT2D eigenvalue weighted by Gasteiger charge is 2.32. The van der Waals surface area contributed by atoms with E-state index in [1.54, 1.807) is 0 Å². The number of carbonyl (C=O) groups excluding carboxylic acids is 1. The molecule has 0 saturated carbocycles. The largest absolute Gasteiger partial charge is 0.484 e. The molecule has 5 rings (SSSR count). The van der Waals surface area contributed by atoms with Crippen molar-refractivity contribution in [3.05, 3.63) is 89.7 Å². The Morgan fingerprint density at radius 3 is 2.45 bits per heavy atom. The van der Waals surface area contributed by atoms with Gasteiger partial charge in [-0.25, -0.2) is 0 Å². The number of benzene rings is 2. The lowest BCUT2D eigenvalue weighted by Crippen LogP contribution is -2.44. The van der Waals surface area contributed by atoms with Gasteiger partial charge >= 0.3 is 0 Å². The molecular formula is C25H26N2O2S2. The summed E-state index contributed by atoms with van der Waals surface area (Å²) in [7, 11) is 0. The average Bonchev–Trinajstić information content (AvgIpc) is 3.32. The molecule has 6 heteroatoms. The van der Waals surface area contributed by atoms with E-state index >= 15 is 0 Å². The fourth-order valence-electron chi connectivity index (χ4n) is 4.27. The number of hydrogen-bond acceptors (Lipinski definition) is 4. The minimum absolute atomic E-state index is 0.0174. The number of hydrogen-bond donors (Lipinski definition) is 0. The van der Waals surface area contributed by atoms with E-state index in [2.05, 4.69) is 47.2 Å². The second-order valence-corrected chi connectivity index (χ2v) is 10.5. The van der Waals surface area contributed by atoms with Crippen molar-refractivity contribution >= 4 is 29.4 Å². The van der Waals surface area contributed by atoms with Crippen LogP contribution in [0.25, 0.3) is 0 Å². The highest BCUT2D eigenvalue weighted by atomic mass is 32.2. The maximum absolute atomic E-state index is 13.2. The van der Waals surface area contributed by atoms with Gasteiger partial charge in [-0.2, -0.15) is 0 Å². The number of aromatic nitrogens is 1. The van der Waals surface area contributed by atoms with Gasteiger partial charge in [-0.1, -0.05) is 42.5 Å². The standard InChI is InChI=1S/C25H26N2O2S2/c28-23(18-29-21-11-9-20(10-12-21)25-30-16-5-17-31-25)27-15-14-26-13-4-8-22(26)24(27)19-6-2-1-3-7-19/h1-4,6-13,24-25H,5,14-18H2. The molecule has 1 unspecified atom stereocenters. The number of carbonyl (C=O) groups is 1. The molecule has 0 N–H and O–H groups in total. The molecule has 0 radical (unpaired) electrons. The summed E-state index contributed by atoms with van der Waals surface area (Å²) in [5, 5.41) is 0. The first-order valence-corrected chi connectivity index (χ1v) is 12.8. The van der Waals surface area contributed by atoms with Crippen LogP contribution in [0, 0.1) is 0 Å². The lowest BCUT2D eigenvalue weighted by Gasteiger charge is -2.37. The van der Waals surface area contributed by atoms with E-state index in [-0.39, 0.29) is 18.6 Å². The molecule has 31 heavy (non-hydrogen) atoms. The van der Waals surface area contributed by atoms with E-state index in [4.69, 9.17) is 4.74 Å². The summed E-state index contributed by atoms with van der Waals surface area (Å²) in [6.07, 6.45) is 3.38. The second kappa shape index (κ2) is 9.45. The van der Waals surface area contributed by atoms with Crippen molar-refractivity contribution in [2.24, 2.45) is 0 Å². The molecule has 0 aliphatic carbocycles. The summed E-state index contributed by atoms with van der Waals surface area (Å²) in [5.74, 6) is 3.22. The molecule has 0 bridgehead atoms. The van der Waals surface area contributed by atoms with Crippen LogP contribution in [0.1, 0.15) is 33.9 Å². The molecule has 2 aromatic carbocycles. The highest BCUT2D eigenvalue weighted by molar-refractivity contribution is 8.16. The van der Waals surface area contributed by atoms with E-state index in [0.29, 0.717) is 11.1 Å². The molecule has 1 fully saturated rings. The number of nitrogens with zero attached hydrogens (tertiary/aromatic N) is 2. The van der Waals surface area contributed by atoms with Gasteiger partial charge in [0.05, 0.1) is 10.6 Å². The number of ether oxygens (including phenoxy) is 1. The fraction of sp³-hybridized carbons (Fsp3) is 0.320. The lowest BCUT2D eigenvalue weighted by molar-refractivity contribution is -0.136. The van der Waals surface area contributed by atoms with E-state index in [1.165, 1.54) is 23.5 Å². The van der Waals surface area contributed by atoms with E-state index in [9.17, 15) is 4.79 Å². The van der Waals surface area contributed by atoms with Gasteiger partial charge in [0.25, 0.3) is 5.91 Å². The Hall–Kier alpha value is -2.31. The van der Waals surface area contributed by atoms with Crippen molar-refractivity contribution in [3.8, 4) is 5.75 Å². The molecule has 4 nitrogen and oxygen atoms in total. The van der Waals surface area contributed by atoms with Gasteiger partial charge in [-0.3, -0.25) is 4.79 Å². The van der Waals surface area contributed by atoms with Crippen LogP contribution in [0.2, 0.25) is 0 Å². The normalized spacial score (nSPS) is 19.1. The van der Waals surface area contributed by atoms with Crippen molar-refractivity contribution in [2.45, 2.75) is 23.6 Å². The number of rotatable bonds is 5. The quantitative estimate of drug-likeness (QED) is 0.524. The third kappa shape index (κ3) is 4.51. The zero-order chi connectivity index (χ0) is 21.0. The minimum Gasteiger partial charge on any atom is -0.484 e. The zero-order valence-corrected chi connectivity index (χ0v) is 19.0. The highest BCUT2D eigenvalue weighted by Crippen LogP contribution is 2.43. The Balaban J connectivity index is 1.27. The van der Waals surface area contributed by atoms with Crippen LogP contribution in [0.5, 0.6) is 5.75 Å². The van der Waals surface area contributed by atoms with Crippen molar-refractivity contribution < 1.29 is 9.53 Å². The van der Waals surface area contributed by atoms with Crippen LogP contribution in [-0.4, -0.2) is 40.0 Å². The van der Waals surface area contributed by atoms with Crippen LogP contribution in [0.15, 0.2) is 72.9 Å². The predicted molar refractivity (Wildman–Crippen MR) is 129 cm³/mol. The molecule has 0 spiro atoms. The summed E-state index contributed by atoms with van der Waals surface area (Å²) in [5.41, 5.74) is 3.61. The van der Waals surface area contributed by atoms with E-state index in [1.807, 2.05) is 58.8 Å². The Morgan fingerprint density at radius 2 is 1.68 bits per heavy atom. The molecule has 1 saturated heterocycles. The van der Waals surface area contributed by atoms with Gasteiger partial charge in [0, 0.05) is 25.0 Å². The van der Waals surface area contributed by atoms with Gasteiger partial charge in [0.1, 0.15) is 5.75 Å². The Kier molecular flexibility index (Phi) is 6.27. The molecule has 2 aliphatic rings. The first kappa shape index (κ1) is 20.6. The van der Waals surface area contributed by atoms with Crippen LogP contribution >= 0.6 is 23.5 Å². The van der Waals surface area contributed by atoms with Crippen LogP contribution in [0.3, 0.4) is 0 Å². The maximum Gasteiger partial charge on any atom is 0.261 e. The molecule has 3 aromatic rings. The Labute approximate surface area is 192 Å². The van der Waals surface area contributed by atoms with Crippen LogP contribution < -0.4 is 4.74 Å². The third-order valence-electron chi connectivity index (χ3n) is 5.82. The van der Waals surface area contributed by atoms with Gasteiger partial charge in [0.2, 0.25) is 0 Å². The molecule has 160 valence electrons. The van der Waals surface area contributed by atoms with Crippen LogP contribution in [-0.2, 0) is 11.3 Å². The van der Waals surface area contributed by atoms with E-state index in [0.717, 1.165) is 23.6 Å². The summed E-state index contributed by atoms with van der Waals surface area (Å²) in [6, 6.07) is 22.6. The molecule has 3 heterocycles. The topological polar surface area (TPSA) is 34.5 Å². The van der Waals surface area contributed by atoms with Crippen LogP contribution in [0.4, 0.5) is 0 Å². The summed E-state index contributed by atoms with van der Waals surface area (Å²) in [4.78, 5) is 15.1. The number of fused-ring (bicyclic) bond motifs is 1. The monoisotopic (exact) mass is 450 g/mol. The Morgan fingerprint density at radius 1 is 0.903 bits per heavy atom. The maximum atomic E-state index is 13.2. The zero-order valence-electron chi connectivity index (χ0n) is 17.4. The molecular weight excluding hydrogens is 424 g/mol. The van der Waals surface area contributed by atoms with Gasteiger partial charge in [-0.05, 0) is 53.3 Å². The summed E-state index contributed by atoms with van der Waals surface area (Å²) >= 11 is 4.02. The third-order valence-corrected chi connectivity index (χ3v) is 8.83. The second-order valence-electron chi connectivity index (χ2n) is 7.81. The predicted octanol–water partition coefficient (Wildman–Crippen LogP) is 5.37. The van der Waals surface area contributed by atoms with E-state index < -0.39 is 0 Å². The van der Waals surface area contributed by atoms with Crippen molar-refractivity contribution in [1.82, 2.24) is 9.47 Å². The smallest absolute Gasteiger partial charge is 0.261 e. The first-order chi connectivity index (χ1) is 15.3. The molecule has 1 amide bonds. The van der Waals surface area contributed by atoms with Crippen molar-refractivity contribution in [2.75, 3.05) is 24.7 Å². The van der Waals surface area contributed by atoms with Gasteiger partial charge < -0.3 is 14.2 Å². The first-order valence-electron chi connectivity index (χ1n) is 10.7. The number of thioether (sulfide) groups is 2. The Bertz CT molecular complexity index is 1010. The van der Waals surface area contributed by atoms with Crippen molar-refractivity contribution in [1.29, 1.82) is 0 Å².